The number of carbonyl (C=O) groups excluding carboxylic acids is 2. The van der Waals surface area contributed by atoms with Crippen molar-refractivity contribution in [3.63, 3.8) is 0 Å². The number of para-hydroxylation sites is 1. The maximum absolute atomic E-state index is 13.3. The van der Waals surface area contributed by atoms with Gasteiger partial charge in [-0.1, -0.05) is 35.3 Å². The minimum atomic E-state index is -0.830. The topological polar surface area (TPSA) is 77.5 Å². The standard InChI is InChI=1S/C15H11Cl2FN2O4/c16-9-5-10(17)15(19-6-9)20-13(21)7-24-14(22)8-23-12-4-2-1-3-11(12)18/h1-6H,7-8H2,(H,19,20,21). The maximum Gasteiger partial charge on any atom is 0.344 e. The van der Waals surface area contributed by atoms with E-state index in [1.165, 1.54) is 30.5 Å². The van der Waals surface area contributed by atoms with Gasteiger partial charge in [-0.25, -0.2) is 14.2 Å². The fourth-order valence-electron chi connectivity index (χ4n) is 1.56. The summed E-state index contributed by atoms with van der Waals surface area (Å²) >= 11 is 11.5. The molecule has 0 atom stereocenters. The van der Waals surface area contributed by atoms with Gasteiger partial charge in [0.25, 0.3) is 5.91 Å². The van der Waals surface area contributed by atoms with Crippen molar-refractivity contribution in [3.05, 3.63) is 52.4 Å². The Balaban J connectivity index is 1.77. The van der Waals surface area contributed by atoms with Gasteiger partial charge < -0.3 is 14.8 Å². The molecule has 2 rings (SSSR count). The van der Waals surface area contributed by atoms with Crippen LogP contribution >= 0.6 is 23.2 Å². The number of halogens is 3. The highest BCUT2D eigenvalue weighted by molar-refractivity contribution is 6.36. The number of hydrogen-bond donors (Lipinski definition) is 1. The van der Waals surface area contributed by atoms with Crippen molar-refractivity contribution in [2.75, 3.05) is 18.5 Å². The van der Waals surface area contributed by atoms with Crippen LogP contribution in [-0.2, 0) is 14.3 Å². The van der Waals surface area contributed by atoms with Crippen molar-refractivity contribution in [1.29, 1.82) is 0 Å². The Morgan fingerprint density at radius 1 is 1.21 bits per heavy atom. The molecule has 0 unspecified atom stereocenters. The summed E-state index contributed by atoms with van der Waals surface area (Å²) in [4.78, 5) is 27.0. The number of nitrogens with zero attached hydrogens (tertiary/aromatic N) is 1. The second-order valence-corrected chi connectivity index (χ2v) is 5.26. The van der Waals surface area contributed by atoms with Crippen molar-refractivity contribution in [1.82, 2.24) is 4.98 Å². The molecular formula is C15H11Cl2FN2O4. The zero-order chi connectivity index (χ0) is 17.5. The quantitative estimate of drug-likeness (QED) is 0.788. The summed E-state index contributed by atoms with van der Waals surface area (Å²) in [6.45, 7) is -1.10. The zero-order valence-electron chi connectivity index (χ0n) is 12.1. The van der Waals surface area contributed by atoms with Gasteiger partial charge in [0.2, 0.25) is 0 Å². The van der Waals surface area contributed by atoms with Gasteiger partial charge in [0.05, 0.1) is 10.0 Å². The number of nitrogens with one attached hydrogen (secondary N) is 1. The molecule has 0 aliphatic carbocycles. The van der Waals surface area contributed by atoms with Gasteiger partial charge in [-0.15, -0.1) is 0 Å². The largest absolute Gasteiger partial charge is 0.479 e. The lowest BCUT2D eigenvalue weighted by atomic mass is 10.3. The van der Waals surface area contributed by atoms with Crippen LogP contribution in [-0.4, -0.2) is 30.1 Å². The molecule has 0 bridgehead atoms. The molecule has 0 aliphatic heterocycles. The first-order valence-corrected chi connectivity index (χ1v) is 7.35. The van der Waals surface area contributed by atoms with Crippen molar-refractivity contribution in [2.45, 2.75) is 0 Å². The summed E-state index contributed by atoms with van der Waals surface area (Å²) in [5, 5.41) is 2.82. The van der Waals surface area contributed by atoms with Crippen LogP contribution in [0.3, 0.4) is 0 Å². The molecule has 2 aromatic rings. The van der Waals surface area contributed by atoms with Gasteiger partial charge in [0.1, 0.15) is 0 Å². The van der Waals surface area contributed by atoms with E-state index < -0.39 is 30.9 Å². The summed E-state index contributed by atoms with van der Waals surface area (Å²) < 4.78 is 23.0. The molecule has 1 aromatic heterocycles. The number of anilines is 1. The number of benzene rings is 1. The summed E-state index contributed by atoms with van der Waals surface area (Å²) in [6, 6.07) is 7.00. The van der Waals surface area contributed by atoms with Crippen molar-refractivity contribution in [3.8, 4) is 5.75 Å². The molecule has 24 heavy (non-hydrogen) atoms. The van der Waals surface area contributed by atoms with E-state index in [2.05, 4.69) is 10.3 Å². The highest BCUT2D eigenvalue weighted by Crippen LogP contribution is 2.22. The predicted octanol–water partition coefficient (Wildman–Crippen LogP) is 3.09. The van der Waals surface area contributed by atoms with Crippen LogP contribution in [0.15, 0.2) is 36.5 Å². The van der Waals surface area contributed by atoms with Crippen molar-refractivity contribution >= 4 is 40.9 Å². The Labute approximate surface area is 146 Å². The number of rotatable bonds is 6. The number of aromatic nitrogens is 1. The second-order valence-electron chi connectivity index (χ2n) is 4.41. The summed E-state index contributed by atoms with van der Waals surface area (Å²) in [6.07, 6.45) is 1.30. The minimum Gasteiger partial charge on any atom is -0.479 e. The number of ether oxygens (including phenoxy) is 2. The van der Waals surface area contributed by atoms with Gasteiger partial charge in [0, 0.05) is 6.20 Å². The number of esters is 1. The number of hydrogen-bond acceptors (Lipinski definition) is 5. The van der Waals surface area contributed by atoms with Gasteiger partial charge in [0.15, 0.2) is 30.6 Å². The summed E-state index contributed by atoms with van der Waals surface area (Å²) in [5.41, 5.74) is 0. The number of pyridine rings is 1. The highest BCUT2D eigenvalue weighted by Gasteiger charge is 2.12. The monoisotopic (exact) mass is 372 g/mol. The molecule has 0 saturated heterocycles. The van der Waals surface area contributed by atoms with Gasteiger partial charge in [-0.3, -0.25) is 4.79 Å². The normalized spacial score (nSPS) is 10.1. The molecule has 1 N–H and O–H groups in total. The van der Waals surface area contributed by atoms with Gasteiger partial charge >= 0.3 is 5.97 Å². The van der Waals surface area contributed by atoms with Crippen LogP contribution in [0.4, 0.5) is 10.2 Å². The van der Waals surface area contributed by atoms with Crippen LogP contribution in [0.2, 0.25) is 10.0 Å². The first-order valence-electron chi connectivity index (χ1n) is 6.59. The maximum atomic E-state index is 13.3. The van der Waals surface area contributed by atoms with E-state index in [0.717, 1.165) is 0 Å². The van der Waals surface area contributed by atoms with E-state index in [-0.39, 0.29) is 16.6 Å². The highest BCUT2D eigenvalue weighted by atomic mass is 35.5. The Bertz CT molecular complexity index is 758. The van der Waals surface area contributed by atoms with Crippen LogP contribution in [0.25, 0.3) is 0 Å². The average molecular weight is 373 g/mol. The van der Waals surface area contributed by atoms with Crippen LogP contribution in [0, 0.1) is 5.82 Å². The van der Waals surface area contributed by atoms with E-state index in [0.29, 0.717) is 5.02 Å². The van der Waals surface area contributed by atoms with Crippen LogP contribution < -0.4 is 10.1 Å². The van der Waals surface area contributed by atoms with Gasteiger partial charge in [-0.05, 0) is 18.2 Å². The molecule has 0 fully saturated rings. The Morgan fingerprint density at radius 2 is 1.96 bits per heavy atom. The smallest absolute Gasteiger partial charge is 0.344 e. The van der Waals surface area contributed by atoms with Crippen LogP contribution in [0.5, 0.6) is 5.75 Å². The second kappa shape index (κ2) is 8.47. The minimum absolute atomic E-state index is 0.0870. The molecule has 1 aromatic carbocycles. The first-order chi connectivity index (χ1) is 11.5. The molecule has 6 nitrogen and oxygen atoms in total. The Morgan fingerprint density at radius 3 is 2.67 bits per heavy atom. The van der Waals surface area contributed by atoms with Crippen molar-refractivity contribution in [2.24, 2.45) is 0 Å². The molecule has 1 heterocycles. The molecule has 0 aliphatic rings. The Hall–Kier alpha value is -2.38. The van der Waals surface area contributed by atoms with E-state index in [1.54, 1.807) is 6.07 Å². The molecule has 0 radical (unpaired) electrons. The lowest BCUT2D eigenvalue weighted by Crippen LogP contribution is -2.24. The van der Waals surface area contributed by atoms with Gasteiger partial charge in [-0.2, -0.15) is 0 Å². The van der Waals surface area contributed by atoms with E-state index in [1.807, 2.05) is 0 Å². The molecule has 0 saturated carbocycles. The molecule has 126 valence electrons. The van der Waals surface area contributed by atoms with E-state index >= 15 is 0 Å². The summed E-state index contributed by atoms with van der Waals surface area (Å²) in [5.74, 6) is -2.08. The average Bonchev–Trinajstić information content (AvgIpc) is 2.55. The molecule has 0 spiro atoms. The van der Waals surface area contributed by atoms with Crippen LogP contribution in [0.1, 0.15) is 0 Å². The Kier molecular flexibility index (Phi) is 6.34. The molecule has 9 heteroatoms. The van der Waals surface area contributed by atoms with E-state index in [4.69, 9.17) is 32.7 Å². The molecule has 1 amide bonds. The first kappa shape index (κ1) is 18.0. The van der Waals surface area contributed by atoms with E-state index in [9.17, 15) is 14.0 Å². The third-order valence-electron chi connectivity index (χ3n) is 2.61. The van der Waals surface area contributed by atoms with Crippen molar-refractivity contribution < 1.29 is 23.5 Å². The summed E-state index contributed by atoms with van der Waals surface area (Å²) in [7, 11) is 0. The fraction of sp³-hybridized carbons (Fsp3) is 0.133. The third-order valence-corrected chi connectivity index (χ3v) is 3.11. The zero-order valence-corrected chi connectivity index (χ0v) is 13.6. The fourth-order valence-corrected chi connectivity index (χ4v) is 1.99. The molecular weight excluding hydrogens is 362 g/mol. The lowest BCUT2D eigenvalue weighted by molar-refractivity contribution is -0.149. The SMILES string of the molecule is O=C(COC(=O)COc1ccccc1F)Nc1ncc(Cl)cc1Cl. The predicted molar refractivity (Wildman–Crippen MR) is 85.7 cm³/mol. The number of carbonyl (C=O) groups is 2. The third kappa shape index (κ3) is 5.36. The number of amides is 1. The lowest BCUT2D eigenvalue weighted by Gasteiger charge is -2.08.